The van der Waals surface area contributed by atoms with Gasteiger partial charge in [0, 0.05) is 6.42 Å². The molecular weight excluding hydrogens is 252 g/mol. The van der Waals surface area contributed by atoms with Crippen LogP contribution < -0.4 is 16.0 Å². The van der Waals surface area contributed by atoms with E-state index in [9.17, 15) is 0 Å². The average molecular weight is 272 g/mol. The van der Waals surface area contributed by atoms with Crippen molar-refractivity contribution >= 4 is 0 Å². The highest BCUT2D eigenvalue weighted by molar-refractivity contribution is 5.34. The lowest BCUT2D eigenvalue weighted by atomic mass is 10.1. The zero-order valence-corrected chi connectivity index (χ0v) is 11.6. The third-order valence-corrected chi connectivity index (χ3v) is 3.50. The molecule has 0 aliphatic heterocycles. The normalized spacial score (nSPS) is 16.1. The monoisotopic (exact) mass is 272 g/mol. The molecule has 0 amide bonds. The summed E-state index contributed by atoms with van der Waals surface area (Å²) < 4.78 is 11.6. The molecule has 4 heteroatoms. The SMILES string of the molecule is CCc1ccc(C(NN)c2cccc(OC3CC3)c2)o1. The van der Waals surface area contributed by atoms with E-state index in [1.54, 1.807) is 0 Å². The van der Waals surface area contributed by atoms with Gasteiger partial charge in [-0.05, 0) is 42.7 Å². The lowest BCUT2D eigenvalue weighted by Crippen LogP contribution is -2.28. The minimum Gasteiger partial charge on any atom is -0.490 e. The maximum Gasteiger partial charge on any atom is 0.126 e. The highest BCUT2D eigenvalue weighted by atomic mass is 16.5. The van der Waals surface area contributed by atoms with Crippen LogP contribution in [0.2, 0.25) is 0 Å². The molecule has 0 saturated heterocycles. The van der Waals surface area contributed by atoms with Crippen LogP contribution >= 0.6 is 0 Å². The van der Waals surface area contributed by atoms with Gasteiger partial charge in [-0.3, -0.25) is 5.84 Å². The summed E-state index contributed by atoms with van der Waals surface area (Å²) >= 11 is 0. The maximum absolute atomic E-state index is 5.82. The first-order chi connectivity index (χ1) is 9.80. The van der Waals surface area contributed by atoms with Crippen LogP contribution in [0.1, 0.15) is 42.9 Å². The first kappa shape index (κ1) is 13.2. The first-order valence-corrected chi connectivity index (χ1v) is 7.11. The Labute approximate surface area is 118 Å². The highest BCUT2D eigenvalue weighted by Crippen LogP contribution is 2.30. The summed E-state index contributed by atoms with van der Waals surface area (Å²) in [6, 6.07) is 11.8. The first-order valence-electron chi connectivity index (χ1n) is 7.11. The van der Waals surface area contributed by atoms with Gasteiger partial charge in [-0.2, -0.15) is 0 Å². The molecule has 1 aromatic heterocycles. The fourth-order valence-electron chi connectivity index (χ4n) is 2.23. The summed E-state index contributed by atoms with van der Waals surface area (Å²) in [5.74, 6) is 8.39. The van der Waals surface area contributed by atoms with E-state index in [0.29, 0.717) is 6.10 Å². The minimum atomic E-state index is -0.155. The molecule has 4 nitrogen and oxygen atoms in total. The van der Waals surface area contributed by atoms with E-state index in [-0.39, 0.29) is 6.04 Å². The summed E-state index contributed by atoms with van der Waals surface area (Å²) in [5, 5.41) is 0. The molecule has 1 fully saturated rings. The molecular formula is C16H20N2O2. The summed E-state index contributed by atoms with van der Waals surface area (Å²) in [5.41, 5.74) is 3.86. The molecule has 1 aliphatic carbocycles. The molecule has 20 heavy (non-hydrogen) atoms. The topological polar surface area (TPSA) is 60.4 Å². The van der Waals surface area contributed by atoms with Crippen LogP contribution in [0.4, 0.5) is 0 Å². The molecule has 0 spiro atoms. The second-order valence-corrected chi connectivity index (χ2v) is 5.15. The Morgan fingerprint density at radius 3 is 2.85 bits per heavy atom. The third-order valence-electron chi connectivity index (χ3n) is 3.50. The smallest absolute Gasteiger partial charge is 0.126 e. The van der Waals surface area contributed by atoms with Gasteiger partial charge in [-0.1, -0.05) is 19.1 Å². The fourth-order valence-corrected chi connectivity index (χ4v) is 2.23. The number of hydrazine groups is 1. The lowest BCUT2D eigenvalue weighted by molar-refractivity contribution is 0.302. The number of ether oxygens (including phenoxy) is 1. The van der Waals surface area contributed by atoms with E-state index in [0.717, 1.165) is 42.1 Å². The van der Waals surface area contributed by atoms with Crippen molar-refractivity contribution < 1.29 is 9.15 Å². The number of nitrogens with one attached hydrogen (secondary N) is 1. The molecule has 1 unspecified atom stereocenters. The van der Waals surface area contributed by atoms with Crippen LogP contribution in [0.15, 0.2) is 40.8 Å². The lowest BCUT2D eigenvalue weighted by Gasteiger charge is -2.15. The van der Waals surface area contributed by atoms with Crippen LogP contribution in [0.3, 0.4) is 0 Å². The van der Waals surface area contributed by atoms with E-state index in [1.165, 1.54) is 0 Å². The van der Waals surface area contributed by atoms with Gasteiger partial charge in [-0.25, -0.2) is 5.43 Å². The molecule has 3 rings (SSSR count). The van der Waals surface area contributed by atoms with Crippen LogP contribution in [-0.4, -0.2) is 6.10 Å². The average Bonchev–Trinajstić information content (AvgIpc) is 3.15. The molecule has 106 valence electrons. The van der Waals surface area contributed by atoms with E-state index in [1.807, 2.05) is 36.4 Å². The van der Waals surface area contributed by atoms with Crippen molar-refractivity contribution in [1.82, 2.24) is 5.43 Å². The number of aryl methyl sites for hydroxylation is 1. The van der Waals surface area contributed by atoms with Crippen molar-refractivity contribution in [3.05, 3.63) is 53.5 Å². The van der Waals surface area contributed by atoms with Crippen molar-refractivity contribution in [2.45, 2.75) is 38.3 Å². The molecule has 0 radical (unpaired) electrons. The van der Waals surface area contributed by atoms with E-state index in [2.05, 4.69) is 12.3 Å². The van der Waals surface area contributed by atoms with Gasteiger partial charge >= 0.3 is 0 Å². The van der Waals surface area contributed by atoms with Gasteiger partial charge in [0.2, 0.25) is 0 Å². The molecule has 0 bridgehead atoms. The summed E-state index contributed by atoms with van der Waals surface area (Å²) in [6.45, 7) is 2.07. The quantitative estimate of drug-likeness (QED) is 0.627. The molecule has 1 aromatic carbocycles. The second-order valence-electron chi connectivity index (χ2n) is 5.15. The molecule has 1 aliphatic rings. The van der Waals surface area contributed by atoms with Crippen LogP contribution in [-0.2, 0) is 6.42 Å². The molecule has 3 N–H and O–H groups in total. The molecule has 2 aromatic rings. The van der Waals surface area contributed by atoms with Gasteiger partial charge in [0.05, 0.1) is 6.10 Å². The molecule has 1 saturated carbocycles. The largest absolute Gasteiger partial charge is 0.490 e. The third kappa shape index (κ3) is 2.86. The minimum absolute atomic E-state index is 0.155. The standard InChI is InChI=1S/C16H20N2O2/c1-2-12-8-9-15(20-12)16(18-17)11-4-3-5-14(10-11)19-13-6-7-13/h3-5,8-10,13,16,18H,2,6-7,17H2,1H3. The molecule has 1 heterocycles. The Morgan fingerprint density at radius 2 is 2.20 bits per heavy atom. The summed E-state index contributed by atoms with van der Waals surface area (Å²) in [6.07, 6.45) is 3.58. The van der Waals surface area contributed by atoms with Crippen molar-refractivity contribution in [3.63, 3.8) is 0 Å². The van der Waals surface area contributed by atoms with Gasteiger partial charge in [0.25, 0.3) is 0 Å². The van der Waals surface area contributed by atoms with Crippen LogP contribution in [0, 0.1) is 0 Å². The van der Waals surface area contributed by atoms with Gasteiger partial charge < -0.3 is 9.15 Å². The predicted molar refractivity (Wildman–Crippen MR) is 77.3 cm³/mol. The Kier molecular flexibility index (Phi) is 3.76. The number of hydrogen-bond acceptors (Lipinski definition) is 4. The number of furan rings is 1. The zero-order valence-electron chi connectivity index (χ0n) is 11.6. The van der Waals surface area contributed by atoms with Gasteiger partial charge in [-0.15, -0.1) is 0 Å². The van der Waals surface area contributed by atoms with E-state index < -0.39 is 0 Å². The van der Waals surface area contributed by atoms with Gasteiger partial charge in [0.1, 0.15) is 23.3 Å². The summed E-state index contributed by atoms with van der Waals surface area (Å²) in [4.78, 5) is 0. The Hall–Kier alpha value is -1.78. The van der Waals surface area contributed by atoms with E-state index >= 15 is 0 Å². The van der Waals surface area contributed by atoms with E-state index in [4.69, 9.17) is 15.0 Å². The predicted octanol–water partition coefficient (Wildman–Crippen LogP) is 2.94. The Morgan fingerprint density at radius 1 is 1.35 bits per heavy atom. The highest BCUT2D eigenvalue weighted by Gasteiger charge is 2.24. The van der Waals surface area contributed by atoms with Gasteiger partial charge in [0.15, 0.2) is 0 Å². The van der Waals surface area contributed by atoms with Crippen LogP contribution in [0.25, 0.3) is 0 Å². The zero-order chi connectivity index (χ0) is 13.9. The number of benzene rings is 1. The Balaban J connectivity index is 1.83. The van der Waals surface area contributed by atoms with Crippen molar-refractivity contribution in [3.8, 4) is 5.75 Å². The summed E-state index contributed by atoms with van der Waals surface area (Å²) in [7, 11) is 0. The molecule has 1 atom stereocenters. The number of rotatable bonds is 6. The van der Waals surface area contributed by atoms with Crippen molar-refractivity contribution in [2.75, 3.05) is 0 Å². The second kappa shape index (κ2) is 5.69. The van der Waals surface area contributed by atoms with Crippen LogP contribution in [0.5, 0.6) is 5.75 Å². The fraction of sp³-hybridized carbons (Fsp3) is 0.375. The number of hydrogen-bond donors (Lipinski definition) is 2. The van der Waals surface area contributed by atoms with Crippen molar-refractivity contribution in [2.24, 2.45) is 5.84 Å². The maximum atomic E-state index is 5.82. The Bertz CT molecular complexity index is 575. The van der Waals surface area contributed by atoms with Crippen molar-refractivity contribution in [1.29, 1.82) is 0 Å². The number of nitrogens with two attached hydrogens (primary N) is 1.